The number of fused-ring (bicyclic) bond motifs is 1. The van der Waals surface area contributed by atoms with Crippen LogP contribution in [0, 0.1) is 0 Å². The molecular formula is C13H19BrN6. The van der Waals surface area contributed by atoms with E-state index in [-0.39, 0.29) is 0 Å². The lowest BCUT2D eigenvalue weighted by atomic mass is 10.3. The highest BCUT2D eigenvalue weighted by atomic mass is 79.9. The number of hydrogen-bond acceptors (Lipinski definition) is 5. The van der Waals surface area contributed by atoms with Crippen LogP contribution in [0.2, 0.25) is 0 Å². The van der Waals surface area contributed by atoms with Crippen LogP contribution in [0.4, 0.5) is 11.6 Å². The molecular weight excluding hydrogens is 320 g/mol. The third kappa shape index (κ3) is 2.05. The smallest absolute Gasteiger partial charge is 0.162 e. The molecule has 20 heavy (non-hydrogen) atoms. The van der Waals surface area contributed by atoms with Crippen LogP contribution in [-0.2, 0) is 6.42 Å². The van der Waals surface area contributed by atoms with Crippen molar-refractivity contribution in [2.45, 2.75) is 25.8 Å². The molecule has 0 saturated carbocycles. The first kappa shape index (κ1) is 13.6. The van der Waals surface area contributed by atoms with Crippen LogP contribution < -0.4 is 16.0 Å². The molecule has 1 aliphatic heterocycles. The van der Waals surface area contributed by atoms with Crippen LogP contribution in [0.25, 0.3) is 5.65 Å². The Morgan fingerprint density at radius 2 is 2.35 bits per heavy atom. The highest BCUT2D eigenvalue weighted by Crippen LogP contribution is 2.33. The van der Waals surface area contributed by atoms with E-state index in [2.05, 4.69) is 38.2 Å². The first-order chi connectivity index (χ1) is 9.65. The fourth-order valence-electron chi connectivity index (χ4n) is 2.68. The Hall–Kier alpha value is -1.34. The number of rotatable bonds is 3. The number of anilines is 2. The number of hydrogen-bond donors (Lipinski definition) is 2. The highest BCUT2D eigenvalue weighted by Gasteiger charge is 2.26. The lowest BCUT2D eigenvalue weighted by molar-refractivity contribution is 0.616. The van der Waals surface area contributed by atoms with E-state index in [4.69, 9.17) is 10.7 Å². The van der Waals surface area contributed by atoms with Gasteiger partial charge in [0.15, 0.2) is 5.65 Å². The summed E-state index contributed by atoms with van der Waals surface area (Å²) in [6.07, 6.45) is 3.86. The molecule has 1 atom stereocenters. The summed E-state index contributed by atoms with van der Waals surface area (Å²) >= 11 is 3.57. The average molecular weight is 339 g/mol. The second kappa shape index (κ2) is 5.21. The van der Waals surface area contributed by atoms with E-state index < -0.39 is 0 Å². The van der Waals surface area contributed by atoms with Crippen LogP contribution in [0.5, 0.6) is 0 Å². The molecule has 1 aliphatic rings. The van der Waals surface area contributed by atoms with Crippen molar-refractivity contribution in [3.8, 4) is 0 Å². The summed E-state index contributed by atoms with van der Waals surface area (Å²) in [4.78, 5) is 7.06. The zero-order chi connectivity index (χ0) is 14.3. The van der Waals surface area contributed by atoms with Gasteiger partial charge in [-0.3, -0.25) is 0 Å². The number of halogens is 1. The molecule has 0 aromatic carbocycles. The van der Waals surface area contributed by atoms with Crippen molar-refractivity contribution in [3.05, 3.63) is 16.2 Å². The summed E-state index contributed by atoms with van der Waals surface area (Å²) in [5.74, 6) is 1.53. The van der Waals surface area contributed by atoms with E-state index in [1.54, 1.807) is 4.52 Å². The van der Waals surface area contributed by atoms with Gasteiger partial charge in [0.1, 0.15) is 16.1 Å². The van der Waals surface area contributed by atoms with Gasteiger partial charge in [-0.05, 0) is 35.8 Å². The zero-order valence-electron chi connectivity index (χ0n) is 11.7. The predicted octanol–water partition coefficient (Wildman–Crippen LogP) is 1.43. The Labute approximate surface area is 126 Å². The van der Waals surface area contributed by atoms with Gasteiger partial charge < -0.3 is 16.0 Å². The van der Waals surface area contributed by atoms with E-state index in [9.17, 15) is 0 Å². The Morgan fingerprint density at radius 1 is 1.55 bits per heavy atom. The van der Waals surface area contributed by atoms with Gasteiger partial charge in [-0.25, -0.2) is 4.98 Å². The van der Waals surface area contributed by atoms with Crippen molar-refractivity contribution in [1.82, 2.24) is 19.9 Å². The first-order valence-corrected chi connectivity index (χ1v) is 7.68. The van der Waals surface area contributed by atoms with Crippen LogP contribution in [0.3, 0.4) is 0 Å². The number of nitrogen functional groups attached to an aromatic ring is 1. The number of nitrogens with zero attached hydrogens (tertiary/aromatic N) is 4. The molecule has 0 bridgehead atoms. The molecule has 7 heteroatoms. The number of aromatic nitrogens is 3. The Balaban J connectivity index is 2.08. The standard InChI is InChI=1S/C13H19BrN6/c1-3-8-6-17-20-11(15)10(14)13(18-12(8)20)19-5-4-9(7-19)16-2/h6,9,16H,3-5,7,15H2,1-2H3. The number of aryl methyl sites for hydroxylation is 1. The van der Waals surface area contributed by atoms with Crippen molar-refractivity contribution < 1.29 is 0 Å². The molecule has 0 amide bonds. The third-order valence-corrected chi connectivity index (χ3v) is 4.72. The van der Waals surface area contributed by atoms with Crippen LogP contribution in [0.15, 0.2) is 10.7 Å². The van der Waals surface area contributed by atoms with Gasteiger partial charge in [0, 0.05) is 24.7 Å². The Bertz CT molecular complexity index is 637. The molecule has 6 nitrogen and oxygen atoms in total. The fourth-order valence-corrected chi connectivity index (χ4v) is 3.18. The zero-order valence-corrected chi connectivity index (χ0v) is 13.3. The molecule has 1 saturated heterocycles. The van der Waals surface area contributed by atoms with Gasteiger partial charge in [0.25, 0.3) is 0 Å². The molecule has 3 rings (SSSR count). The quantitative estimate of drug-likeness (QED) is 0.885. The van der Waals surface area contributed by atoms with Crippen molar-refractivity contribution in [1.29, 1.82) is 0 Å². The van der Waals surface area contributed by atoms with Gasteiger partial charge >= 0.3 is 0 Å². The number of nitrogens with one attached hydrogen (secondary N) is 1. The summed E-state index contributed by atoms with van der Waals surface area (Å²) in [7, 11) is 2.00. The first-order valence-electron chi connectivity index (χ1n) is 6.89. The second-order valence-electron chi connectivity index (χ2n) is 5.11. The topological polar surface area (TPSA) is 71.5 Å². The van der Waals surface area contributed by atoms with E-state index in [1.165, 1.54) is 0 Å². The molecule has 0 radical (unpaired) electrons. The highest BCUT2D eigenvalue weighted by molar-refractivity contribution is 9.10. The van der Waals surface area contributed by atoms with E-state index in [0.717, 1.165) is 47.4 Å². The summed E-state index contributed by atoms with van der Waals surface area (Å²) < 4.78 is 2.53. The summed E-state index contributed by atoms with van der Waals surface area (Å²) in [6.45, 7) is 4.04. The molecule has 0 aliphatic carbocycles. The van der Waals surface area contributed by atoms with Gasteiger partial charge in [-0.2, -0.15) is 9.61 Å². The maximum atomic E-state index is 6.19. The normalized spacial score (nSPS) is 19.1. The average Bonchev–Trinajstić information content (AvgIpc) is 3.08. The van der Waals surface area contributed by atoms with Gasteiger partial charge in [0.05, 0.1) is 6.20 Å². The number of nitrogens with two attached hydrogens (primary N) is 1. The van der Waals surface area contributed by atoms with E-state index >= 15 is 0 Å². The summed E-state index contributed by atoms with van der Waals surface area (Å²) in [5, 5.41) is 7.64. The molecule has 108 valence electrons. The molecule has 2 aromatic heterocycles. The van der Waals surface area contributed by atoms with Crippen LogP contribution in [-0.4, -0.2) is 40.8 Å². The lowest BCUT2D eigenvalue weighted by Gasteiger charge is -2.20. The van der Waals surface area contributed by atoms with Crippen molar-refractivity contribution in [3.63, 3.8) is 0 Å². The second-order valence-corrected chi connectivity index (χ2v) is 5.91. The monoisotopic (exact) mass is 338 g/mol. The molecule has 1 unspecified atom stereocenters. The van der Waals surface area contributed by atoms with Gasteiger partial charge in [-0.1, -0.05) is 6.92 Å². The lowest BCUT2D eigenvalue weighted by Crippen LogP contribution is -2.30. The van der Waals surface area contributed by atoms with Crippen molar-refractivity contribution in [2.75, 3.05) is 30.8 Å². The van der Waals surface area contributed by atoms with E-state index in [0.29, 0.717) is 11.9 Å². The van der Waals surface area contributed by atoms with Crippen molar-refractivity contribution in [2.24, 2.45) is 0 Å². The SMILES string of the molecule is CCc1cnn2c(N)c(Br)c(N3CCC(NC)C3)nc12. The molecule has 3 N–H and O–H groups in total. The minimum absolute atomic E-state index is 0.511. The Kier molecular flexibility index (Phi) is 3.55. The molecule has 3 heterocycles. The summed E-state index contributed by atoms with van der Waals surface area (Å²) in [5.41, 5.74) is 8.17. The van der Waals surface area contributed by atoms with Crippen LogP contribution >= 0.6 is 15.9 Å². The largest absolute Gasteiger partial charge is 0.383 e. The van der Waals surface area contributed by atoms with Gasteiger partial charge in [0.2, 0.25) is 0 Å². The molecule has 1 fully saturated rings. The maximum absolute atomic E-state index is 6.19. The molecule has 0 spiro atoms. The third-order valence-electron chi connectivity index (χ3n) is 3.96. The fraction of sp³-hybridized carbons (Fsp3) is 0.538. The minimum atomic E-state index is 0.511. The van der Waals surface area contributed by atoms with Gasteiger partial charge in [-0.15, -0.1) is 0 Å². The Morgan fingerprint density at radius 3 is 3.00 bits per heavy atom. The minimum Gasteiger partial charge on any atom is -0.383 e. The summed E-state index contributed by atoms with van der Waals surface area (Å²) in [6, 6.07) is 0.511. The molecule has 2 aromatic rings. The van der Waals surface area contributed by atoms with Crippen LogP contribution in [0.1, 0.15) is 18.9 Å². The maximum Gasteiger partial charge on any atom is 0.162 e. The number of likely N-dealkylation sites (N-methyl/N-ethyl adjacent to an activating group) is 1. The predicted molar refractivity (Wildman–Crippen MR) is 84.2 cm³/mol. The van der Waals surface area contributed by atoms with Crippen molar-refractivity contribution >= 4 is 33.2 Å². The van der Waals surface area contributed by atoms with E-state index in [1.807, 2.05) is 13.2 Å².